The van der Waals surface area contributed by atoms with Gasteiger partial charge in [-0.25, -0.2) is 4.98 Å². The summed E-state index contributed by atoms with van der Waals surface area (Å²) >= 11 is 0. The van der Waals surface area contributed by atoms with Crippen LogP contribution in [0.5, 0.6) is 0 Å². The zero-order valence-corrected chi connectivity index (χ0v) is 12.2. The van der Waals surface area contributed by atoms with E-state index in [0.717, 1.165) is 45.0 Å². The summed E-state index contributed by atoms with van der Waals surface area (Å²) in [7, 11) is 0. The number of aromatic nitrogens is 2. The number of nitrogens with two attached hydrogens (primary N) is 1. The van der Waals surface area contributed by atoms with Crippen molar-refractivity contribution in [3.8, 4) is 0 Å². The van der Waals surface area contributed by atoms with Gasteiger partial charge in [0.05, 0.1) is 11.9 Å². The van der Waals surface area contributed by atoms with Crippen molar-refractivity contribution in [3.63, 3.8) is 0 Å². The van der Waals surface area contributed by atoms with Crippen molar-refractivity contribution in [2.24, 2.45) is 0 Å². The van der Waals surface area contributed by atoms with Gasteiger partial charge in [0.25, 0.3) is 0 Å². The molecule has 1 fully saturated rings. The van der Waals surface area contributed by atoms with Crippen molar-refractivity contribution in [2.75, 3.05) is 36.8 Å². The standard InChI is InChI=1S/C16H21N5/c17-15-4-5-16(19-12-15)21-8-2-7-20(9-10-21)13-14-3-1-6-18-11-14/h1,3-6,11-12H,2,7-10,13,17H2. The van der Waals surface area contributed by atoms with Gasteiger partial charge in [0, 0.05) is 45.1 Å². The topological polar surface area (TPSA) is 58.3 Å². The van der Waals surface area contributed by atoms with E-state index in [2.05, 4.69) is 25.8 Å². The highest BCUT2D eigenvalue weighted by molar-refractivity contribution is 5.45. The fraction of sp³-hybridized carbons (Fsp3) is 0.375. The molecule has 1 aliphatic heterocycles. The number of pyridine rings is 2. The highest BCUT2D eigenvalue weighted by Crippen LogP contribution is 2.15. The zero-order valence-electron chi connectivity index (χ0n) is 12.2. The number of hydrogen-bond acceptors (Lipinski definition) is 5. The molecule has 1 aliphatic rings. The second-order valence-electron chi connectivity index (χ2n) is 5.43. The molecular formula is C16H21N5. The van der Waals surface area contributed by atoms with Crippen LogP contribution in [0.4, 0.5) is 11.5 Å². The summed E-state index contributed by atoms with van der Waals surface area (Å²) in [5, 5.41) is 0. The molecule has 2 aromatic rings. The maximum absolute atomic E-state index is 5.70. The van der Waals surface area contributed by atoms with Gasteiger partial charge in [0.2, 0.25) is 0 Å². The predicted molar refractivity (Wildman–Crippen MR) is 85.0 cm³/mol. The van der Waals surface area contributed by atoms with Crippen LogP contribution >= 0.6 is 0 Å². The number of rotatable bonds is 3. The Hall–Kier alpha value is -2.14. The van der Waals surface area contributed by atoms with Crippen LogP contribution in [0.25, 0.3) is 0 Å². The summed E-state index contributed by atoms with van der Waals surface area (Å²) in [5.74, 6) is 1.02. The minimum atomic E-state index is 0.715. The monoisotopic (exact) mass is 283 g/mol. The van der Waals surface area contributed by atoms with E-state index in [-0.39, 0.29) is 0 Å². The summed E-state index contributed by atoms with van der Waals surface area (Å²) < 4.78 is 0. The van der Waals surface area contributed by atoms with Crippen LogP contribution < -0.4 is 10.6 Å². The van der Waals surface area contributed by atoms with Crippen molar-refractivity contribution in [2.45, 2.75) is 13.0 Å². The highest BCUT2D eigenvalue weighted by Gasteiger charge is 2.16. The smallest absolute Gasteiger partial charge is 0.128 e. The molecule has 0 aliphatic carbocycles. The molecule has 1 saturated heterocycles. The lowest BCUT2D eigenvalue weighted by atomic mass is 10.2. The van der Waals surface area contributed by atoms with Crippen molar-refractivity contribution >= 4 is 11.5 Å². The molecule has 0 atom stereocenters. The van der Waals surface area contributed by atoms with E-state index in [0.29, 0.717) is 5.69 Å². The molecule has 0 aromatic carbocycles. The summed E-state index contributed by atoms with van der Waals surface area (Å²) in [6, 6.07) is 8.06. The lowest BCUT2D eigenvalue weighted by Crippen LogP contribution is -2.30. The first kappa shape index (κ1) is 13.8. The maximum Gasteiger partial charge on any atom is 0.128 e. The zero-order chi connectivity index (χ0) is 14.5. The maximum atomic E-state index is 5.70. The predicted octanol–water partition coefficient (Wildman–Crippen LogP) is 1.77. The molecule has 0 unspecified atom stereocenters. The van der Waals surface area contributed by atoms with Crippen molar-refractivity contribution in [1.82, 2.24) is 14.9 Å². The molecule has 2 N–H and O–H groups in total. The first-order chi connectivity index (χ1) is 10.3. The third kappa shape index (κ3) is 3.70. The van der Waals surface area contributed by atoms with Crippen molar-refractivity contribution < 1.29 is 0 Å². The van der Waals surface area contributed by atoms with E-state index in [1.165, 1.54) is 5.56 Å². The van der Waals surface area contributed by atoms with E-state index >= 15 is 0 Å². The van der Waals surface area contributed by atoms with E-state index in [1.54, 1.807) is 6.20 Å². The molecular weight excluding hydrogens is 262 g/mol. The van der Waals surface area contributed by atoms with E-state index in [9.17, 15) is 0 Å². The van der Waals surface area contributed by atoms with Gasteiger partial charge in [-0.1, -0.05) is 6.07 Å². The molecule has 110 valence electrons. The first-order valence-corrected chi connectivity index (χ1v) is 7.39. The molecule has 0 spiro atoms. The van der Waals surface area contributed by atoms with Gasteiger partial charge in [0.1, 0.15) is 5.82 Å². The second-order valence-corrected chi connectivity index (χ2v) is 5.43. The summed E-state index contributed by atoms with van der Waals surface area (Å²) in [6.45, 7) is 5.16. The van der Waals surface area contributed by atoms with Gasteiger partial charge in [0.15, 0.2) is 0 Å². The van der Waals surface area contributed by atoms with Gasteiger partial charge in [-0.05, 0) is 30.2 Å². The molecule has 5 nitrogen and oxygen atoms in total. The molecule has 0 bridgehead atoms. The van der Waals surface area contributed by atoms with Crippen LogP contribution in [-0.2, 0) is 6.54 Å². The Morgan fingerprint density at radius 1 is 1.05 bits per heavy atom. The normalized spacial score (nSPS) is 16.7. The minimum absolute atomic E-state index is 0.715. The average Bonchev–Trinajstić information content (AvgIpc) is 2.75. The fourth-order valence-corrected chi connectivity index (χ4v) is 2.69. The molecule has 5 heteroatoms. The Morgan fingerprint density at radius 2 is 2.00 bits per heavy atom. The fourth-order valence-electron chi connectivity index (χ4n) is 2.69. The van der Waals surface area contributed by atoms with Crippen LogP contribution in [0.3, 0.4) is 0 Å². The Morgan fingerprint density at radius 3 is 2.76 bits per heavy atom. The molecule has 0 amide bonds. The van der Waals surface area contributed by atoms with Gasteiger partial charge >= 0.3 is 0 Å². The van der Waals surface area contributed by atoms with Crippen LogP contribution in [-0.4, -0.2) is 41.0 Å². The Balaban J connectivity index is 1.60. The molecule has 0 saturated carbocycles. The van der Waals surface area contributed by atoms with Crippen molar-refractivity contribution in [3.05, 3.63) is 48.4 Å². The third-order valence-electron chi connectivity index (χ3n) is 3.81. The SMILES string of the molecule is Nc1ccc(N2CCCN(Cc3cccnc3)CC2)nc1. The van der Waals surface area contributed by atoms with Crippen LogP contribution in [0, 0.1) is 0 Å². The summed E-state index contributed by atoms with van der Waals surface area (Å²) in [6.07, 6.45) is 6.64. The van der Waals surface area contributed by atoms with E-state index < -0.39 is 0 Å². The number of hydrogen-bond donors (Lipinski definition) is 1. The quantitative estimate of drug-likeness (QED) is 0.930. The van der Waals surface area contributed by atoms with Crippen LogP contribution in [0.2, 0.25) is 0 Å². The molecule has 0 radical (unpaired) electrons. The number of anilines is 2. The summed E-state index contributed by atoms with van der Waals surface area (Å²) in [4.78, 5) is 13.4. The Kier molecular flexibility index (Phi) is 4.31. The highest BCUT2D eigenvalue weighted by atomic mass is 15.2. The molecule has 3 heterocycles. The lowest BCUT2D eigenvalue weighted by Gasteiger charge is -2.22. The van der Waals surface area contributed by atoms with E-state index in [4.69, 9.17) is 5.73 Å². The number of nitrogens with zero attached hydrogens (tertiary/aromatic N) is 4. The minimum Gasteiger partial charge on any atom is -0.397 e. The van der Waals surface area contributed by atoms with E-state index in [1.807, 2.05) is 30.6 Å². The average molecular weight is 283 g/mol. The van der Waals surface area contributed by atoms with Gasteiger partial charge in [-0.3, -0.25) is 9.88 Å². The molecule has 2 aromatic heterocycles. The van der Waals surface area contributed by atoms with Gasteiger partial charge in [-0.15, -0.1) is 0 Å². The lowest BCUT2D eigenvalue weighted by molar-refractivity contribution is 0.285. The van der Waals surface area contributed by atoms with Crippen LogP contribution in [0.1, 0.15) is 12.0 Å². The Labute approximate surface area is 125 Å². The molecule has 21 heavy (non-hydrogen) atoms. The first-order valence-electron chi connectivity index (χ1n) is 7.39. The van der Waals surface area contributed by atoms with Gasteiger partial charge in [-0.2, -0.15) is 0 Å². The molecule has 3 rings (SSSR count). The second kappa shape index (κ2) is 6.54. The summed E-state index contributed by atoms with van der Waals surface area (Å²) in [5.41, 5.74) is 7.69. The number of nitrogen functional groups attached to an aromatic ring is 1. The largest absolute Gasteiger partial charge is 0.397 e. The van der Waals surface area contributed by atoms with Crippen molar-refractivity contribution in [1.29, 1.82) is 0 Å². The third-order valence-corrected chi connectivity index (χ3v) is 3.81. The Bertz CT molecular complexity index is 555. The van der Waals surface area contributed by atoms with Crippen LogP contribution in [0.15, 0.2) is 42.9 Å². The van der Waals surface area contributed by atoms with Gasteiger partial charge < -0.3 is 10.6 Å².